The molecule has 1 heterocycles. The van der Waals surface area contributed by atoms with Crippen LogP contribution in [0, 0.1) is 0 Å². The fourth-order valence-corrected chi connectivity index (χ4v) is 2.92. The molecule has 0 radical (unpaired) electrons. The minimum absolute atomic E-state index is 0.206. The Morgan fingerprint density at radius 3 is 2.83 bits per heavy atom. The smallest absolute Gasteiger partial charge is 0.0931 e. The van der Waals surface area contributed by atoms with Gasteiger partial charge in [0.1, 0.15) is 0 Å². The molecule has 1 atom stereocenters. The van der Waals surface area contributed by atoms with E-state index < -0.39 is 0 Å². The number of rotatable bonds is 4. The molecule has 1 unspecified atom stereocenters. The Balaban J connectivity index is 2.66. The van der Waals surface area contributed by atoms with Crippen LogP contribution in [0.25, 0.3) is 0 Å². The quantitative estimate of drug-likeness (QED) is 0.846. The highest BCUT2D eigenvalue weighted by molar-refractivity contribution is 7.98. The predicted octanol–water partition coefficient (Wildman–Crippen LogP) is 2.84. The molecule has 0 fully saturated rings. The third-order valence-electron chi connectivity index (χ3n) is 1.58. The molecular formula is C8H11ClOS2. The van der Waals surface area contributed by atoms with Crippen molar-refractivity contribution in [1.29, 1.82) is 0 Å². The molecule has 0 saturated heterocycles. The first kappa shape index (κ1) is 10.4. The number of halogens is 1. The van der Waals surface area contributed by atoms with Gasteiger partial charge in [0.2, 0.25) is 0 Å². The van der Waals surface area contributed by atoms with E-state index in [0.29, 0.717) is 0 Å². The van der Waals surface area contributed by atoms with Gasteiger partial charge < -0.3 is 5.11 Å². The van der Waals surface area contributed by atoms with E-state index in [1.165, 1.54) is 4.88 Å². The minimum atomic E-state index is 0.206. The maximum Gasteiger partial charge on any atom is 0.0931 e. The van der Waals surface area contributed by atoms with Crippen LogP contribution in [0.2, 0.25) is 4.34 Å². The molecule has 0 aliphatic rings. The van der Waals surface area contributed by atoms with Crippen LogP contribution in [-0.2, 0) is 0 Å². The summed E-state index contributed by atoms with van der Waals surface area (Å²) in [6.07, 6.45) is 2.04. The summed E-state index contributed by atoms with van der Waals surface area (Å²) in [4.78, 5) is 1.18. The Bertz CT molecular complexity index is 237. The van der Waals surface area contributed by atoms with Crippen molar-refractivity contribution in [3.63, 3.8) is 0 Å². The Morgan fingerprint density at radius 2 is 2.42 bits per heavy atom. The number of thiophene rings is 1. The maximum absolute atomic E-state index is 9.07. The van der Waals surface area contributed by atoms with E-state index in [4.69, 9.17) is 16.7 Å². The van der Waals surface area contributed by atoms with Gasteiger partial charge in [0.05, 0.1) is 10.9 Å². The van der Waals surface area contributed by atoms with Gasteiger partial charge in [0, 0.05) is 16.5 Å². The van der Waals surface area contributed by atoms with Gasteiger partial charge in [-0.1, -0.05) is 11.6 Å². The monoisotopic (exact) mass is 222 g/mol. The molecule has 4 heteroatoms. The van der Waals surface area contributed by atoms with Gasteiger partial charge in [0.15, 0.2) is 0 Å². The van der Waals surface area contributed by atoms with Crippen molar-refractivity contribution in [2.45, 2.75) is 5.92 Å². The summed E-state index contributed by atoms with van der Waals surface area (Å²) in [5, 5.41) is 9.07. The number of hydrogen-bond acceptors (Lipinski definition) is 3. The molecule has 1 aromatic heterocycles. The van der Waals surface area contributed by atoms with Crippen LogP contribution >= 0.6 is 34.7 Å². The Kier molecular flexibility index (Phi) is 4.43. The Hall–Kier alpha value is 0.300. The van der Waals surface area contributed by atoms with Crippen LogP contribution in [0.3, 0.4) is 0 Å². The van der Waals surface area contributed by atoms with E-state index in [0.717, 1.165) is 10.1 Å². The van der Waals surface area contributed by atoms with Crippen molar-refractivity contribution in [3.05, 3.63) is 21.3 Å². The highest BCUT2D eigenvalue weighted by atomic mass is 35.5. The minimum Gasteiger partial charge on any atom is -0.396 e. The number of aliphatic hydroxyl groups is 1. The van der Waals surface area contributed by atoms with Gasteiger partial charge >= 0.3 is 0 Å². The zero-order chi connectivity index (χ0) is 8.97. The fraction of sp³-hybridized carbons (Fsp3) is 0.500. The lowest BCUT2D eigenvalue weighted by atomic mass is 10.1. The average molecular weight is 223 g/mol. The van der Waals surface area contributed by atoms with Gasteiger partial charge in [0.25, 0.3) is 0 Å². The van der Waals surface area contributed by atoms with E-state index in [1.807, 2.05) is 18.4 Å². The zero-order valence-electron chi connectivity index (χ0n) is 6.79. The summed E-state index contributed by atoms with van der Waals surface area (Å²) in [5.74, 6) is 1.20. The zero-order valence-corrected chi connectivity index (χ0v) is 9.18. The van der Waals surface area contributed by atoms with Crippen LogP contribution in [0.15, 0.2) is 12.1 Å². The largest absolute Gasteiger partial charge is 0.396 e. The highest BCUT2D eigenvalue weighted by Crippen LogP contribution is 2.29. The van der Waals surface area contributed by atoms with Gasteiger partial charge in [-0.25, -0.2) is 0 Å². The normalized spacial score (nSPS) is 13.2. The molecule has 1 rings (SSSR count). The van der Waals surface area contributed by atoms with Crippen LogP contribution in [0.1, 0.15) is 10.8 Å². The molecule has 12 heavy (non-hydrogen) atoms. The molecule has 0 amide bonds. The molecule has 0 saturated carbocycles. The van der Waals surface area contributed by atoms with Crippen molar-refractivity contribution in [1.82, 2.24) is 0 Å². The fourth-order valence-electron chi connectivity index (χ4n) is 0.974. The van der Waals surface area contributed by atoms with Crippen LogP contribution in [0.4, 0.5) is 0 Å². The van der Waals surface area contributed by atoms with E-state index in [-0.39, 0.29) is 12.5 Å². The molecule has 0 aliphatic carbocycles. The van der Waals surface area contributed by atoms with Crippen molar-refractivity contribution in [2.75, 3.05) is 18.6 Å². The Labute approximate surface area is 85.8 Å². The highest BCUT2D eigenvalue weighted by Gasteiger charge is 2.11. The molecule has 1 N–H and O–H groups in total. The van der Waals surface area contributed by atoms with Crippen molar-refractivity contribution < 1.29 is 5.11 Å². The molecule has 68 valence electrons. The predicted molar refractivity (Wildman–Crippen MR) is 57.5 cm³/mol. The topological polar surface area (TPSA) is 20.2 Å². The van der Waals surface area contributed by atoms with E-state index >= 15 is 0 Å². The number of thioether (sulfide) groups is 1. The standard InChI is InChI=1S/C8H11ClOS2/c1-11-5-6(4-10)7-2-3-8(9)12-7/h2-3,6,10H,4-5H2,1H3. The van der Waals surface area contributed by atoms with Crippen molar-refractivity contribution in [3.8, 4) is 0 Å². The first-order chi connectivity index (χ1) is 5.77. The summed E-state index contributed by atoms with van der Waals surface area (Å²) in [6, 6.07) is 3.87. The van der Waals surface area contributed by atoms with Crippen LogP contribution < -0.4 is 0 Å². The van der Waals surface area contributed by atoms with Crippen molar-refractivity contribution >= 4 is 34.7 Å². The number of hydrogen-bond donors (Lipinski definition) is 1. The summed E-state index contributed by atoms with van der Waals surface area (Å²) in [6.45, 7) is 0.206. The molecule has 0 spiro atoms. The van der Waals surface area contributed by atoms with Gasteiger partial charge in [-0.05, 0) is 18.4 Å². The first-order valence-electron chi connectivity index (χ1n) is 3.63. The third-order valence-corrected chi connectivity index (χ3v) is 3.71. The van der Waals surface area contributed by atoms with Crippen LogP contribution in [0.5, 0.6) is 0 Å². The third kappa shape index (κ3) is 2.66. The lowest BCUT2D eigenvalue weighted by Gasteiger charge is -2.09. The first-order valence-corrected chi connectivity index (χ1v) is 6.21. The second kappa shape index (κ2) is 5.12. The molecule has 0 aromatic carbocycles. The molecule has 0 bridgehead atoms. The molecule has 1 nitrogen and oxygen atoms in total. The molecule has 1 aromatic rings. The van der Waals surface area contributed by atoms with Crippen molar-refractivity contribution in [2.24, 2.45) is 0 Å². The SMILES string of the molecule is CSCC(CO)c1ccc(Cl)s1. The van der Waals surface area contributed by atoms with E-state index in [2.05, 4.69) is 0 Å². The second-order valence-corrected chi connectivity index (χ2v) is 5.13. The molecular weight excluding hydrogens is 212 g/mol. The van der Waals surface area contributed by atoms with Gasteiger partial charge in [-0.2, -0.15) is 11.8 Å². The van der Waals surface area contributed by atoms with E-state index in [1.54, 1.807) is 23.1 Å². The lowest BCUT2D eigenvalue weighted by molar-refractivity contribution is 0.276. The van der Waals surface area contributed by atoms with Crippen LogP contribution in [-0.4, -0.2) is 23.7 Å². The Morgan fingerprint density at radius 1 is 1.67 bits per heavy atom. The average Bonchev–Trinajstić information content (AvgIpc) is 2.47. The second-order valence-electron chi connectivity index (χ2n) is 2.48. The summed E-state index contributed by atoms with van der Waals surface area (Å²) >= 11 is 9.09. The molecule has 0 aliphatic heterocycles. The summed E-state index contributed by atoms with van der Waals surface area (Å²) < 4.78 is 0.796. The summed E-state index contributed by atoms with van der Waals surface area (Å²) in [5.41, 5.74) is 0. The number of aliphatic hydroxyl groups excluding tert-OH is 1. The summed E-state index contributed by atoms with van der Waals surface area (Å²) in [7, 11) is 0. The van der Waals surface area contributed by atoms with Gasteiger partial charge in [-0.3, -0.25) is 0 Å². The maximum atomic E-state index is 9.07. The van der Waals surface area contributed by atoms with E-state index in [9.17, 15) is 0 Å². The lowest BCUT2D eigenvalue weighted by Crippen LogP contribution is -2.04. The van der Waals surface area contributed by atoms with Gasteiger partial charge in [-0.15, -0.1) is 11.3 Å².